The molecule has 8 nitrogen and oxygen atoms in total. The fourth-order valence-corrected chi connectivity index (χ4v) is 3.85. The molecule has 1 saturated heterocycles. The molecule has 0 bridgehead atoms. The maximum absolute atomic E-state index is 12.3. The van der Waals surface area contributed by atoms with Crippen molar-refractivity contribution in [3.63, 3.8) is 0 Å². The first-order valence-electron chi connectivity index (χ1n) is 9.19. The van der Waals surface area contributed by atoms with Gasteiger partial charge in [-0.1, -0.05) is 12.1 Å². The van der Waals surface area contributed by atoms with Crippen molar-refractivity contribution in [1.82, 2.24) is 19.9 Å². The van der Waals surface area contributed by atoms with E-state index >= 15 is 0 Å². The zero-order chi connectivity index (χ0) is 20.1. The number of carbonyl (C=O) groups is 2. The van der Waals surface area contributed by atoms with Gasteiger partial charge < -0.3 is 14.5 Å². The summed E-state index contributed by atoms with van der Waals surface area (Å²) in [5.74, 6) is -0.111. The summed E-state index contributed by atoms with van der Waals surface area (Å²) < 4.78 is 6.14. The summed E-state index contributed by atoms with van der Waals surface area (Å²) in [7, 11) is 0. The summed E-state index contributed by atoms with van der Waals surface area (Å²) in [5.41, 5.74) is 0.890. The van der Waals surface area contributed by atoms with E-state index in [1.165, 1.54) is 17.4 Å². The molecule has 1 fully saturated rings. The summed E-state index contributed by atoms with van der Waals surface area (Å²) in [4.78, 5) is 40.8. The highest BCUT2D eigenvalue weighted by Gasteiger charge is 2.23. The molecule has 148 valence electrons. The fourth-order valence-electron chi connectivity index (χ4n) is 2.98. The molecular weight excluding hydrogens is 390 g/mol. The number of hydrogen-bond donors (Lipinski definition) is 0. The van der Waals surface area contributed by atoms with Crippen LogP contribution < -0.4 is 4.90 Å². The van der Waals surface area contributed by atoms with Crippen molar-refractivity contribution >= 4 is 45.5 Å². The molecule has 1 aliphatic heterocycles. The standard InChI is InChI=1S/C20H19N5O3S/c26-18(24-10-12-25(13-11-24)20-21-8-3-9-22-20)14-28-19(27)7-6-17-23-15-4-1-2-5-16(15)29-17/h1-9H,10-14H2/b7-6+. The topological polar surface area (TPSA) is 88.5 Å². The van der Waals surface area contributed by atoms with Crippen LogP contribution in [0, 0.1) is 0 Å². The molecule has 9 heteroatoms. The first-order valence-corrected chi connectivity index (χ1v) is 10.0. The maximum Gasteiger partial charge on any atom is 0.331 e. The van der Waals surface area contributed by atoms with Gasteiger partial charge in [-0.3, -0.25) is 4.79 Å². The summed E-state index contributed by atoms with van der Waals surface area (Å²) >= 11 is 1.49. The van der Waals surface area contributed by atoms with E-state index in [1.54, 1.807) is 29.4 Å². The van der Waals surface area contributed by atoms with Crippen molar-refractivity contribution in [2.75, 3.05) is 37.7 Å². The maximum atomic E-state index is 12.3. The van der Waals surface area contributed by atoms with E-state index in [2.05, 4.69) is 15.0 Å². The molecule has 4 rings (SSSR count). The second-order valence-corrected chi connectivity index (χ2v) is 7.44. The van der Waals surface area contributed by atoms with Gasteiger partial charge in [0.05, 0.1) is 10.2 Å². The third kappa shape index (κ3) is 4.75. The lowest BCUT2D eigenvalue weighted by Gasteiger charge is -2.34. The first kappa shape index (κ1) is 19.0. The van der Waals surface area contributed by atoms with Crippen LogP contribution in [0.25, 0.3) is 16.3 Å². The largest absolute Gasteiger partial charge is 0.452 e. The quantitative estimate of drug-likeness (QED) is 0.470. The molecule has 2 aromatic heterocycles. The van der Waals surface area contributed by atoms with Crippen LogP contribution in [-0.4, -0.2) is 64.5 Å². The van der Waals surface area contributed by atoms with Crippen molar-refractivity contribution in [3.05, 3.63) is 53.8 Å². The summed E-state index contributed by atoms with van der Waals surface area (Å²) in [5, 5.41) is 0.716. The van der Waals surface area contributed by atoms with Gasteiger partial charge in [-0.05, 0) is 24.3 Å². The Hall–Kier alpha value is -3.33. The van der Waals surface area contributed by atoms with Gasteiger partial charge in [-0.25, -0.2) is 19.7 Å². The van der Waals surface area contributed by atoms with E-state index in [-0.39, 0.29) is 12.5 Å². The lowest BCUT2D eigenvalue weighted by molar-refractivity contribution is -0.148. The Kier molecular flexibility index (Phi) is 5.76. The average molecular weight is 409 g/mol. The monoisotopic (exact) mass is 409 g/mol. The number of carbonyl (C=O) groups excluding carboxylic acids is 2. The number of benzene rings is 1. The highest BCUT2D eigenvalue weighted by molar-refractivity contribution is 7.19. The van der Waals surface area contributed by atoms with Gasteiger partial charge >= 0.3 is 5.97 Å². The molecular formula is C20H19N5O3S. The Bertz CT molecular complexity index is 996. The molecule has 0 radical (unpaired) electrons. The smallest absolute Gasteiger partial charge is 0.331 e. The Morgan fingerprint density at radius 2 is 1.83 bits per heavy atom. The Morgan fingerprint density at radius 1 is 1.07 bits per heavy atom. The molecule has 29 heavy (non-hydrogen) atoms. The number of ether oxygens (including phenoxy) is 1. The van der Waals surface area contributed by atoms with E-state index in [0.29, 0.717) is 37.1 Å². The number of esters is 1. The zero-order valence-corrected chi connectivity index (χ0v) is 16.4. The number of amides is 1. The molecule has 0 atom stereocenters. The van der Waals surface area contributed by atoms with Crippen LogP contribution in [0.3, 0.4) is 0 Å². The van der Waals surface area contributed by atoms with Crippen LogP contribution in [-0.2, 0) is 14.3 Å². The highest BCUT2D eigenvalue weighted by atomic mass is 32.1. The number of aromatic nitrogens is 3. The van der Waals surface area contributed by atoms with Crippen molar-refractivity contribution in [2.24, 2.45) is 0 Å². The van der Waals surface area contributed by atoms with Crippen molar-refractivity contribution in [2.45, 2.75) is 0 Å². The summed E-state index contributed by atoms with van der Waals surface area (Å²) in [6.45, 7) is 2.08. The molecule has 1 amide bonds. The minimum Gasteiger partial charge on any atom is -0.452 e. The molecule has 0 unspecified atom stereocenters. The van der Waals surface area contributed by atoms with Crippen LogP contribution in [0.15, 0.2) is 48.8 Å². The third-order valence-corrected chi connectivity index (χ3v) is 5.48. The van der Waals surface area contributed by atoms with Gasteiger partial charge in [0.1, 0.15) is 5.01 Å². The predicted octanol–water partition coefficient (Wildman–Crippen LogP) is 1.99. The molecule has 1 aliphatic rings. The van der Waals surface area contributed by atoms with Crippen LogP contribution >= 0.6 is 11.3 Å². The molecule has 3 aromatic rings. The SMILES string of the molecule is O=C(/C=C/c1nc2ccccc2s1)OCC(=O)N1CCN(c2ncccn2)CC1. The lowest BCUT2D eigenvalue weighted by atomic mass is 10.3. The third-order valence-electron chi connectivity index (χ3n) is 4.48. The minimum absolute atomic E-state index is 0.208. The number of hydrogen-bond acceptors (Lipinski definition) is 8. The second kappa shape index (κ2) is 8.78. The van der Waals surface area contributed by atoms with Crippen LogP contribution in [0.2, 0.25) is 0 Å². The van der Waals surface area contributed by atoms with E-state index < -0.39 is 5.97 Å². The van der Waals surface area contributed by atoms with Gasteiger partial charge in [-0.2, -0.15) is 0 Å². The van der Waals surface area contributed by atoms with Gasteiger partial charge in [0, 0.05) is 44.6 Å². The number of nitrogens with zero attached hydrogens (tertiary/aromatic N) is 5. The molecule has 1 aromatic carbocycles. The zero-order valence-electron chi connectivity index (χ0n) is 15.6. The van der Waals surface area contributed by atoms with Crippen molar-refractivity contribution in [3.8, 4) is 0 Å². The predicted molar refractivity (Wildman–Crippen MR) is 110 cm³/mol. The number of piperazine rings is 1. The van der Waals surface area contributed by atoms with Gasteiger partial charge in [-0.15, -0.1) is 11.3 Å². The molecule has 0 N–H and O–H groups in total. The summed E-state index contributed by atoms with van der Waals surface area (Å²) in [6.07, 6.45) is 6.30. The Labute approximate surface area is 171 Å². The minimum atomic E-state index is -0.561. The summed E-state index contributed by atoms with van der Waals surface area (Å²) in [6, 6.07) is 9.53. The average Bonchev–Trinajstić information content (AvgIpc) is 3.20. The fraction of sp³-hybridized carbons (Fsp3) is 0.250. The van der Waals surface area contributed by atoms with Gasteiger partial charge in [0.2, 0.25) is 5.95 Å². The molecule has 3 heterocycles. The second-order valence-electron chi connectivity index (χ2n) is 6.38. The Balaban J connectivity index is 1.23. The number of rotatable bonds is 5. The van der Waals surface area contributed by atoms with Gasteiger partial charge in [0.15, 0.2) is 6.61 Å². The van der Waals surface area contributed by atoms with Crippen LogP contribution in [0.1, 0.15) is 5.01 Å². The highest BCUT2D eigenvalue weighted by Crippen LogP contribution is 2.22. The Morgan fingerprint density at radius 3 is 2.59 bits per heavy atom. The van der Waals surface area contributed by atoms with E-state index in [0.717, 1.165) is 10.2 Å². The first-order chi connectivity index (χ1) is 14.2. The van der Waals surface area contributed by atoms with Crippen LogP contribution in [0.4, 0.5) is 5.95 Å². The van der Waals surface area contributed by atoms with Gasteiger partial charge in [0.25, 0.3) is 5.91 Å². The number of anilines is 1. The van der Waals surface area contributed by atoms with Crippen LogP contribution in [0.5, 0.6) is 0 Å². The number of fused-ring (bicyclic) bond motifs is 1. The van der Waals surface area contributed by atoms with E-state index in [9.17, 15) is 9.59 Å². The molecule has 0 aliphatic carbocycles. The van der Waals surface area contributed by atoms with Crippen molar-refractivity contribution in [1.29, 1.82) is 0 Å². The molecule has 0 spiro atoms. The van der Waals surface area contributed by atoms with E-state index in [1.807, 2.05) is 29.2 Å². The van der Waals surface area contributed by atoms with Crippen molar-refractivity contribution < 1.29 is 14.3 Å². The normalized spacial score (nSPS) is 14.5. The number of para-hydroxylation sites is 1. The number of thiazole rings is 1. The molecule has 0 saturated carbocycles. The van der Waals surface area contributed by atoms with E-state index in [4.69, 9.17) is 4.74 Å². The lowest BCUT2D eigenvalue weighted by Crippen LogP contribution is -2.50.